The van der Waals surface area contributed by atoms with E-state index in [2.05, 4.69) is 0 Å². The third-order valence-corrected chi connectivity index (χ3v) is 3.02. The molecule has 1 atom stereocenters. The van der Waals surface area contributed by atoms with Crippen molar-refractivity contribution >= 4 is 5.91 Å². The summed E-state index contributed by atoms with van der Waals surface area (Å²) in [6.07, 6.45) is 2.65. The maximum Gasteiger partial charge on any atom is 0.220 e. The number of nitrogens with two attached hydrogens (primary N) is 1. The molecule has 0 radical (unpaired) electrons. The SMILES string of the molecule is NC(=O)CCOc1ccc2c(c1)[C@H](O)CCC2. The van der Waals surface area contributed by atoms with Crippen LogP contribution < -0.4 is 10.5 Å². The number of amides is 1. The Balaban J connectivity index is 2.04. The largest absolute Gasteiger partial charge is 0.493 e. The zero-order valence-corrected chi connectivity index (χ0v) is 9.69. The summed E-state index contributed by atoms with van der Waals surface area (Å²) in [7, 11) is 0. The summed E-state index contributed by atoms with van der Waals surface area (Å²) in [5.74, 6) is 0.314. The molecule has 92 valence electrons. The van der Waals surface area contributed by atoms with Crippen LogP contribution in [0.2, 0.25) is 0 Å². The molecule has 0 fully saturated rings. The van der Waals surface area contributed by atoms with Crippen molar-refractivity contribution < 1.29 is 14.6 Å². The molecule has 0 aliphatic heterocycles. The van der Waals surface area contributed by atoms with Gasteiger partial charge in [0.15, 0.2) is 0 Å². The zero-order valence-electron chi connectivity index (χ0n) is 9.69. The number of aliphatic hydroxyl groups is 1. The number of carbonyl (C=O) groups is 1. The Kier molecular flexibility index (Phi) is 3.64. The van der Waals surface area contributed by atoms with Crippen LogP contribution in [-0.2, 0) is 11.2 Å². The van der Waals surface area contributed by atoms with Gasteiger partial charge in [-0.3, -0.25) is 4.79 Å². The molecule has 0 heterocycles. The summed E-state index contributed by atoms with van der Waals surface area (Å²) in [5, 5.41) is 9.87. The van der Waals surface area contributed by atoms with Crippen LogP contribution in [-0.4, -0.2) is 17.6 Å². The minimum absolute atomic E-state index is 0.208. The Bertz CT molecular complexity index is 417. The number of hydrogen-bond acceptors (Lipinski definition) is 3. The minimum Gasteiger partial charge on any atom is -0.493 e. The highest BCUT2D eigenvalue weighted by Gasteiger charge is 2.18. The van der Waals surface area contributed by atoms with E-state index in [4.69, 9.17) is 10.5 Å². The second-order valence-electron chi connectivity index (χ2n) is 4.33. The molecule has 0 spiro atoms. The highest BCUT2D eigenvalue weighted by atomic mass is 16.5. The molecule has 1 aromatic rings. The average molecular weight is 235 g/mol. The van der Waals surface area contributed by atoms with Gasteiger partial charge in [-0.2, -0.15) is 0 Å². The first-order chi connectivity index (χ1) is 8.16. The van der Waals surface area contributed by atoms with E-state index < -0.39 is 6.10 Å². The lowest BCUT2D eigenvalue weighted by atomic mass is 9.89. The highest BCUT2D eigenvalue weighted by molar-refractivity contribution is 5.73. The lowest BCUT2D eigenvalue weighted by molar-refractivity contribution is -0.118. The number of fused-ring (bicyclic) bond motifs is 1. The zero-order chi connectivity index (χ0) is 12.3. The topological polar surface area (TPSA) is 72.6 Å². The van der Waals surface area contributed by atoms with Crippen LogP contribution in [0.3, 0.4) is 0 Å². The van der Waals surface area contributed by atoms with Gasteiger partial charge in [-0.25, -0.2) is 0 Å². The highest BCUT2D eigenvalue weighted by Crippen LogP contribution is 2.32. The van der Waals surface area contributed by atoms with Crippen LogP contribution in [0.15, 0.2) is 18.2 Å². The summed E-state index contributed by atoms with van der Waals surface area (Å²) < 4.78 is 5.42. The van der Waals surface area contributed by atoms with E-state index in [9.17, 15) is 9.90 Å². The van der Waals surface area contributed by atoms with Crippen LogP contribution in [0.5, 0.6) is 5.75 Å². The molecule has 1 aliphatic carbocycles. The summed E-state index contributed by atoms with van der Waals surface area (Å²) >= 11 is 0. The number of aryl methyl sites for hydroxylation is 1. The average Bonchev–Trinajstić information content (AvgIpc) is 2.30. The molecule has 3 N–H and O–H groups in total. The molecule has 0 aromatic heterocycles. The first-order valence-electron chi connectivity index (χ1n) is 5.89. The van der Waals surface area contributed by atoms with Gasteiger partial charge in [0, 0.05) is 0 Å². The summed E-state index contributed by atoms with van der Waals surface area (Å²) in [4.78, 5) is 10.6. The molecule has 0 saturated heterocycles. The van der Waals surface area contributed by atoms with E-state index in [1.165, 1.54) is 5.56 Å². The molecular weight excluding hydrogens is 218 g/mol. The molecule has 0 unspecified atom stereocenters. The van der Waals surface area contributed by atoms with Gasteiger partial charge < -0.3 is 15.6 Å². The van der Waals surface area contributed by atoms with Gasteiger partial charge in [-0.05, 0) is 42.5 Å². The first kappa shape index (κ1) is 11.9. The molecule has 1 aliphatic rings. The number of aliphatic hydroxyl groups excluding tert-OH is 1. The Morgan fingerprint density at radius 1 is 1.53 bits per heavy atom. The standard InChI is InChI=1S/C13H17NO3/c14-13(16)6-7-17-10-5-4-9-2-1-3-12(15)11(9)8-10/h4-5,8,12,15H,1-3,6-7H2,(H2,14,16)/t12-/m1/s1. The van der Waals surface area contributed by atoms with Crippen molar-refractivity contribution in [3.8, 4) is 5.75 Å². The fourth-order valence-electron chi connectivity index (χ4n) is 2.11. The van der Waals surface area contributed by atoms with E-state index in [1.54, 1.807) is 0 Å². The van der Waals surface area contributed by atoms with E-state index in [1.807, 2.05) is 18.2 Å². The summed E-state index contributed by atoms with van der Waals surface area (Å²) in [6.45, 7) is 0.282. The van der Waals surface area contributed by atoms with E-state index in [0.29, 0.717) is 5.75 Å². The predicted octanol–water partition coefficient (Wildman–Crippen LogP) is 1.31. The normalized spacial score (nSPS) is 18.5. The van der Waals surface area contributed by atoms with Gasteiger partial charge in [0.05, 0.1) is 19.1 Å². The van der Waals surface area contributed by atoms with Crippen molar-refractivity contribution in [3.05, 3.63) is 29.3 Å². The van der Waals surface area contributed by atoms with Gasteiger partial charge in [0.2, 0.25) is 5.91 Å². The van der Waals surface area contributed by atoms with Gasteiger partial charge in [-0.1, -0.05) is 6.07 Å². The fourth-order valence-corrected chi connectivity index (χ4v) is 2.11. The molecule has 4 nitrogen and oxygen atoms in total. The van der Waals surface area contributed by atoms with Crippen molar-refractivity contribution in [1.29, 1.82) is 0 Å². The third-order valence-electron chi connectivity index (χ3n) is 3.02. The number of hydrogen-bond donors (Lipinski definition) is 2. The molecule has 0 bridgehead atoms. The quantitative estimate of drug-likeness (QED) is 0.826. The predicted molar refractivity (Wildman–Crippen MR) is 63.6 cm³/mol. The van der Waals surface area contributed by atoms with Crippen molar-refractivity contribution in [2.24, 2.45) is 5.73 Å². The lowest BCUT2D eigenvalue weighted by Crippen LogP contribution is -2.15. The molecule has 0 saturated carbocycles. The molecular formula is C13H17NO3. The summed E-state index contributed by atoms with van der Waals surface area (Å²) in [5.41, 5.74) is 7.17. The monoisotopic (exact) mass is 235 g/mol. The van der Waals surface area contributed by atoms with Crippen LogP contribution >= 0.6 is 0 Å². The second-order valence-corrected chi connectivity index (χ2v) is 4.33. The van der Waals surface area contributed by atoms with Crippen molar-refractivity contribution in [2.45, 2.75) is 31.8 Å². The van der Waals surface area contributed by atoms with Crippen LogP contribution in [0, 0.1) is 0 Å². The molecule has 1 amide bonds. The number of primary amides is 1. The Labute approximate surface area is 100 Å². The van der Waals surface area contributed by atoms with E-state index in [0.717, 1.165) is 24.8 Å². The summed E-state index contributed by atoms with van der Waals surface area (Å²) in [6, 6.07) is 5.72. The minimum atomic E-state index is -0.390. The molecule has 4 heteroatoms. The Morgan fingerprint density at radius 3 is 3.12 bits per heavy atom. The van der Waals surface area contributed by atoms with Crippen molar-refractivity contribution in [1.82, 2.24) is 0 Å². The maximum atomic E-state index is 10.6. The number of benzene rings is 1. The van der Waals surface area contributed by atoms with Crippen molar-refractivity contribution in [2.75, 3.05) is 6.61 Å². The first-order valence-corrected chi connectivity index (χ1v) is 5.89. The fraction of sp³-hybridized carbons (Fsp3) is 0.462. The van der Waals surface area contributed by atoms with Crippen LogP contribution in [0.25, 0.3) is 0 Å². The van der Waals surface area contributed by atoms with E-state index >= 15 is 0 Å². The van der Waals surface area contributed by atoms with Gasteiger partial charge in [-0.15, -0.1) is 0 Å². The second kappa shape index (κ2) is 5.19. The van der Waals surface area contributed by atoms with Gasteiger partial charge in [0.1, 0.15) is 5.75 Å². The third kappa shape index (κ3) is 2.97. The Hall–Kier alpha value is -1.55. The number of carbonyl (C=O) groups excluding carboxylic acids is 1. The smallest absolute Gasteiger partial charge is 0.220 e. The molecule has 1 aromatic carbocycles. The van der Waals surface area contributed by atoms with Crippen LogP contribution in [0.4, 0.5) is 0 Å². The molecule has 2 rings (SSSR count). The van der Waals surface area contributed by atoms with Gasteiger partial charge >= 0.3 is 0 Å². The number of ether oxygens (including phenoxy) is 1. The van der Waals surface area contributed by atoms with E-state index in [-0.39, 0.29) is 18.9 Å². The Morgan fingerprint density at radius 2 is 2.35 bits per heavy atom. The maximum absolute atomic E-state index is 10.6. The lowest BCUT2D eigenvalue weighted by Gasteiger charge is -2.21. The van der Waals surface area contributed by atoms with Crippen LogP contribution in [0.1, 0.15) is 36.5 Å². The molecule has 17 heavy (non-hydrogen) atoms. The number of rotatable bonds is 4. The van der Waals surface area contributed by atoms with Crippen molar-refractivity contribution in [3.63, 3.8) is 0 Å². The van der Waals surface area contributed by atoms with Gasteiger partial charge in [0.25, 0.3) is 0 Å².